The molecule has 4 rings (SSSR count). The third-order valence-electron chi connectivity index (χ3n) is 8.37. The molecule has 3 aliphatic heterocycles. The van der Waals surface area contributed by atoms with Gasteiger partial charge in [0.2, 0.25) is 0 Å². The summed E-state index contributed by atoms with van der Waals surface area (Å²) in [6.45, 7) is 5.53. The summed E-state index contributed by atoms with van der Waals surface area (Å²) in [7, 11) is 0. The molecule has 0 bridgehead atoms. The van der Waals surface area contributed by atoms with E-state index in [1.807, 2.05) is 0 Å². The van der Waals surface area contributed by atoms with Crippen LogP contribution in [0.1, 0.15) is 48.0 Å². The lowest BCUT2D eigenvalue weighted by Gasteiger charge is -2.47. The van der Waals surface area contributed by atoms with E-state index in [1.165, 1.54) is 0 Å². The Labute approximate surface area is 377 Å². The van der Waals surface area contributed by atoms with Crippen LogP contribution in [0.4, 0.5) is 0 Å². The molecule has 3 saturated heterocycles. The van der Waals surface area contributed by atoms with Crippen molar-refractivity contribution in [1.82, 2.24) is 0 Å². The molecule has 4 fully saturated rings. The number of aliphatic hydroxyl groups excluding tert-OH is 7. The molecular formula is C35H70N6O25. The number of hydrogen-bond donors (Lipinski definition) is 19. The van der Waals surface area contributed by atoms with Gasteiger partial charge in [-0.25, -0.2) is 0 Å². The number of ether oxygens (including phenoxy) is 6. The van der Waals surface area contributed by atoms with Crippen LogP contribution in [-0.2, 0) is 57.2 Å². The molecule has 1 saturated carbocycles. The maximum Gasteiger partial charge on any atom is 0.300 e. The van der Waals surface area contributed by atoms with E-state index in [-0.39, 0.29) is 19.5 Å². The van der Waals surface area contributed by atoms with Crippen LogP contribution in [0.2, 0.25) is 0 Å². The van der Waals surface area contributed by atoms with Gasteiger partial charge < -0.3 is 129 Å². The number of carboxylic acid groups (broad SMARTS) is 6. The monoisotopic (exact) mass is 974 g/mol. The lowest BCUT2D eigenvalue weighted by atomic mass is 9.84. The molecule has 0 aromatic heterocycles. The van der Waals surface area contributed by atoms with E-state index >= 15 is 0 Å². The number of rotatable bonds is 9. The molecule has 0 amide bonds. The van der Waals surface area contributed by atoms with E-state index in [1.54, 1.807) is 0 Å². The summed E-state index contributed by atoms with van der Waals surface area (Å²) in [6.07, 6.45) is -19.8. The predicted molar refractivity (Wildman–Crippen MR) is 218 cm³/mol. The fraction of sp³-hybridized carbons (Fsp3) is 0.829. The molecule has 390 valence electrons. The van der Waals surface area contributed by atoms with Crippen molar-refractivity contribution in [3.05, 3.63) is 0 Å². The molecule has 0 aromatic carbocycles. The summed E-state index contributed by atoms with van der Waals surface area (Å²) >= 11 is 0. The van der Waals surface area contributed by atoms with E-state index in [4.69, 9.17) is 122 Å². The Balaban J connectivity index is -0.00000136. The second-order valence-electron chi connectivity index (χ2n) is 14.4. The summed E-state index contributed by atoms with van der Waals surface area (Å²) in [4.78, 5) is 54.0. The summed E-state index contributed by atoms with van der Waals surface area (Å²) in [5, 5.41) is 117. The summed E-state index contributed by atoms with van der Waals surface area (Å²) < 4.78 is 34.6. The average molecular weight is 975 g/mol. The molecule has 25 N–H and O–H groups in total. The molecule has 19 atom stereocenters. The largest absolute Gasteiger partial charge is 0.481 e. The number of carboxylic acids is 6. The Morgan fingerprint density at radius 1 is 0.439 bits per heavy atom. The molecule has 31 nitrogen and oxygen atoms in total. The highest BCUT2D eigenvalue weighted by Crippen LogP contribution is 2.34. The Morgan fingerprint density at radius 2 is 0.727 bits per heavy atom. The van der Waals surface area contributed by atoms with Crippen molar-refractivity contribution in [1.29, 1.82) is 0 Å². The molecule has 0 radical (unpaired) electrons. The highest BCUT2D eigenvalue weighted by molar-refractivity contribution is 5.64. The lowest BCUT2D eigenvalue weighted by Crippen LogP contribution is -2.68. The van der Waals surface area contributed by atoms with Gasteiger partial charge in [0.25, 0.3) is 35.8 Å². The maximum absolute atomic E-state index is 11.1. The molecule has 4 aliphatic rings. The van der Waals surface area contributed by atoms with Crippen molar-refractivity contribution in [3.8, 4) is 0 Å². The fourth-order valence-corrected chi connectivity index (χ4v) is 5.74. The van der Waals surface area contributed by atoms with Crippen molar-refractivity contribution in [2.45, 2.75) is 164 Å². The standard InChI is InChI=1S/C23H46N6O13.6C2H4O2/c24-2-7-13(32)15(34)10(28)21(37-7)40-18-6(27)1-5(26)12(31)20(18)42-23-17(36)19(9(4-30)39-23)41-22-11(29)16(35)14(33)8(3-25)38-22;6*1-2(3)4/h5-23,30-36H,1-4,24-29H2;6*1H3,(H,3,4)/t5-,6+,7-,8-,9-,10-,11-,12+,13-,14-,15-,16-,17-,18-,19-,20-,21-,22-,23+;;;;;;/m1....../s1. The van der Waals surface area contributed by atoms with Crippen LogP contribution >= 0.6 is 0 Å². The Bertz CT molecular complexity index is 1320. The van der Waals surface area contributed by atoms with Crippen molar-refractivity contribution in [2.24, 2.45) is 34.4 Å². The van der Waals surface area contributed by atoms with Gasteiger partial charge in [-0.1, -0.05) is 0 Å². The van der Waals surface area contributed by atoms with E-state index in [0.717, 1.165) is 41.5 Å². The van der Waals surface area contributed by atoms with Gasteiger partial charge >= 0.3 is 0 Å². The van der Waals surface area contributed by atoms with Gasteiger partial charge in [-0.3, -0.25) is 28.8 Å². The zero-order valence-corrected chi connectivity index (χ0v) is 37.0. The molecule has 1 aliphatic carbocycles. The maximum atomic E-state index is 11.1. The molecule has 0 unspecified atom stereocenters. The van der Waals surface area contributed by atoms with Crippen LogP contribution < -0.4 is 34.4 Å². The molecule has 0 spiro atoms. The first-order valence-electron chi connectivity index (χ1n) is 19.5. The number of hydrogen-bond acceptors (Lipinski definition) is 25. The Hall–Kier alpha value is -3.94. The molecule has 66 heavy (non-hydrogen) atoms. The normalized spacial score (nSPS) is 36.5. The number of aliphatic carboxylic acids is 6. The summed E-state index contributed by atoms with van der Waals surface area (Å²) in [6, 6.07) is -4.18. The zero-order chi connectivity index (χ0) is 52.5. The minimum absolute atomic E-state index is 0.0889. The van der Waals surface area contributed by atoms with Crippen LogP contribution in [-0.4, -0.2) is 238 Å². The number of nitrogens with two attached hydrogens (primary N) is 6. The third kappa shape index (κ3) is 25.8. The lowest BCUT2D eigenvalue weighted by molar-refractivity contribution is -0.306. The molecule has 0 aromatic rings. The van der Waals surface area contributed by atoms with E-state index in [2.05, 4.69) is 0 Å². The first-order chi connectivity index (χ1) is 30.2. The number of carbonyl (C=O) groups is 6. The average Bonchev–Trinajstić information content (AvgIpc) is 3.46. The van der Waals surface area contributed by atoms with E-state index < -0.39 is 159 Å². The van der Waals surface area contributed by atoms with Crippen molar-refractivity contribution in [2.75, 3.05) is 19.7 Å². The molecule has 31 heteroatoms. The van der Waals surface area contributed by atoms with Crippen LogP contribution in [0, 0.1) is 0 Å². The van der Waals surface area contributed by atoms with Crippen molar-refractivity contribution in [3.63, 3.8) is 0 Å². The van der Waals surface area contributed by atoms with Gasteiger partial charge in [0.05, 0.1) is 24.8 Å². The van der Waals surface area contributed by atoms with Gasteiger partial charge in [0.15, 0.2) is 18.9 Å². The third-order valence-corrected chi connectivity index (χ3v) is 8.37. The van der Waals surface area contributed by atoms with Crippen molar-refractivity contribution < 1.29 is 124 Å². The highest BCUT2D eigenvalue weighted by atomic mass is 16.8. The minimum Gasteiger partial charge on any atom is -0.481 e. The zero-order valence-electron chi connectivity index (χ0n) is 37.0. The Kier molecular flexibility index (Phi) is 33.7. The van der Waals surface area contributed by atoms with E-state index in [9.17, 15) is 35.7 Å². The van der Waals surface area contributed by atoms with E-state index in [0.29, 0.717) is 0 Å². The quantitative estimate of drug-likeness (QED) is 0.102. The molecular weight excluding hydrogens is 904 g/mol. The number of aliphatic hydroxyl groups is 7. The van der Waals surface area contributed by atoms with Gasteiger partial charge in [-0.15, -0.1) is 0 Å². The first-order valence-corrected chi connectivity index (χ1v) is 19.5. The van der Waals surface area contributed by atoms with Gasteiger partial charge in [-0.2, -0.15) is 0 Å². The topological polar surface area (TPSA) is 577 Å². The minimum atomic E-state index is -1.60. The first kappa shape index (κ1) is 66.3. The van der Waals surface area contributed by atoms with Gasteiger partial charge in [-0.05, 0) is 6.42 Å². The molecule has 3 heterocycles. The van der Waals surface area contributed by atoms with Crippen LogP contribution in [0.3, 0.4) is 0 Å². The van der Waals surface area contributed by atoms with Gasteiger partial charge in [0.1, 0.15) is 67.1 Å². The summed E-state index contributed by atoms with van der Waals surface area (Å²) in [5.74, 6) is -5.00. The second kappa shape index (κ2) is 33.5. The van der Waals surface area contributed by atoms with Crippen molar-refractivity contribution >= 4 is 35.8 Å². The highest BCUT2D eigenvalue weighted by Gasteiger charge is 2.54. The SMILES string of the molecule is CC(=O)O.CC(=O)O.CC(=O)O.CC(=O)O.CC(=O)O.CC(=O)O.NC[C@H]1O[C@H](O[C@H]2[C@H](O[C@@H]3O[C@H](CO)[C@@H](O[C@H]4O[C@H](CN)[C@@H](O)[C@H](O)[C@H]4N)[C@H]3O)[C@@H](O)[C@H](N)C[C@@H]2N)[C@H](N)[C@@H](O)[C@@H]1O. The predicted octanol–water partition coefficient (Wildman–Crippen LogP) is -8.35. The Morgan fingerprint density at radius 3 is 1.03 bits per heavy atom. The summed E-state index contributed by atoms with van der Waals surface area (Å²) in [5.41, 5.74) is 35.6. The fourth-order valence-electron chi connectivity index (χ4n) is 5.74. The van der Waals surface area contributed by atoms with Crippen LogP contribution in [0.25, 0.3) is 0 Å². The van der Waals surface area contributed by atoms with Gasteiger partial charge in [0, 0.05) is 66.7 Å². The van der Waals surface area contributed by atoms with Crippen LogP contribution in [0.15, 0.2) is 0 Å². The second-order valence-corrected chi connectivity index (χ2v) is 14.4. The van der Waals surface area contributed by atoms with Crippen LogP contribution in [0.5, 0.6) is 0 Å². The smallest absolute Gasteiger partial charge is 0.300 e.